The van der Waals surface area contributed by atoms with Gasteiger partial charge in [-0.15, -0.1) is 0 Å². The third-order valence-electron chi connectivity index (χ3n) is 3.49. The first-order valence-electron chi connectivity index (χ1n) is 5.51. The Bertz CT molecular complexity index is 203. The number of aliphatic hydroxyl groups is 1. The second-order valence-electron chi connectivity index (χ2n) is 4.45. The van der Waals surface area contributed by atoms with Gasteiger partial charge in [0.15, 0.2) is 0 Å². The van der Waals surface area contributed by atoms with E-state index in [1.807, 2.05) is 13.8 Å². The minimum atomic E-state index is -0.389. The largest absolute Gasteiger partial charge is 0.394 e. The van der Waals surface area contributed by atoms with Crippen LogP contribution in [-0.4, -0.2) is 23.2 Å². The Hall–Kier alpha value is -0.570. The van der Waals surface area contributed by atoms with Gasteiger partial charge in [-0.25, -0.2) is 0 Å². The lowest BCUT2D eigenvalue weighted by Gasteiger charge is -2.30. The van der Waals surface area contributed by atoms with Crippen molar-refractivity contribution in [3.8, 4) is 0 Å². The normalized spacial score (nSPS) is 26.0. The van der Waals surface area contributed by atoms with Gasteiger partial charge in [0.1, 0.15) is 0 Å². The van der Waals surface area contributed by atoms with Crippen LogP contribution in [0.5, 0.6) is 0 Å². The zero-order valence-electron chi connectivity index (χ0n) is 9.34. The summed E-state index contributed by atoms with van der Waals surface area (Å²) >= 11 is 0. The summed E-state index contributed by atoms with van der Waals surface area (Å²) in [5.74, 6) is 0.842. The van der Waals surface area contributed by atoms with Gasteiger partial charge in [-0.1, -0.05) is 20.8 Å². The van der Waals surface area contributed by atoms with Crippen LogP contribution in [0.25, 0.3) is 0 Å². The molecule has 0 aromatic carbocycles. The van der Waals surface area contributed by atoms with Crippen molar-refractivity contribution < 1.29 is 9.90 Å². The molecule has 1 aliphatic carbocycles. The molecule has 3 heteroatoms. The molecule has 1 saturated carbocycles. The van der Waals surface area contributed by atoms with E-state index in [1.165, 1.54) is 0 Å². The van der Waals surface area contributed by atoms with Crippen molar-refractivity contribution in [1.29, 1.82) is 0 Å². The molecule has 1 aliphatic rings. The molecule has 14 heavy (non-hydrogen) atoms. The molecule has 0 saturated heterocycles. The van der Waals surface area contributed by atoms with E-state index in [-0.39, 0.29) is 24.0 Å². The molecule has 1 rings (SSSR count). The number of hydrogen-bond acceptors (Lipinski definition) is 2. The molecular formula is C11H21NO2. The second-order valence-corrected chi connectivity index (χ2v) is 4.45. The van der Waals surface area contributed by atoms with E-state index in [0.29, 0.717) is 5.92 Å². The first-order chi connectivity index (χ1) is 6.58. The standard InChI is InChI=1S/C11H21NO2/c1-4-11(5-2,7-13)12-10(14)9-6-8(9)3/h8-9,13H,4-7H2,1-3H3,(H,12,14). The summed E-state index contributed by atoms with van der Waals surface area (Å²) in [6, 6.07) is 0. The molecular weight excluding hydrogens is 178 g/mol. The molecule has 0 aliphatic heterocycles. The smallest absolute Gasteiger partial charge is 0.223 e. The van der Waals surface area contributed by atoms with Gasteiger partial charge in [0.05, 0.1) is 12.1 Å². The third-order valence-corrected chi connectivity index (χ3v) is 3.49. The van der Waals surface area contributed by atoms with E-state index in [2.05, 4.69) is 12.2 Å². The van der Waals surface area contributed by atoms with E-state index in [0.717, 1.165) is 19.3 Å². The van der Waals surface area contributed by atoms with Gasteiger partial charge in [0.2, 0.25) is 5.91 Å². The average molecular weight is 199 g/mol. The molecule has 0 radical (unpaired) electrons. The number of hydrogen-bond donors (Lipinski definition) is 2. The summed E-state index contributed by atoms with van der Waals surface area (Å²) < 4.78 is 0. The number of aliphatic hydroxyl groups excluding tert-OH is 1. The van der Waals surface area contributed by atoms with Crippen molar-refractivity contribution in [3.63, 3.8) is 0 Å². The zero-order valence-corrected chi connectivity index (χ0v) is 9.34. The maximum atomic E-state index is 11.7. The molecule has 1 amide bonds. The minimum Gasteiger partial charge on any atom is -0.394 e. The summed E-state index contributed by atoms with van der Waals surface area (Å²) in [4.78, 5) is 11.7. The molecule has 0 bridgehead atoms. The summed E-state index contributed by atoms with van der Waals surface area (Å²) in [6.07, 6.45) is 2.57. The quantitative estimate of drug-likeness (QED) is 0.701. The van der Waals surface area contributed by atoms with Gasteiger partial charge in [-0.2, -0.15) is 0 Å². The van der Waals surface area contributed by atoms with Crippen LogP contribution in [0.3, 0.4) is 0 Å². The monoisotopic (exact) mass is 199 g/mol. The summed E-state index contributed by atoms with van der Waals surface area (Å²) in [6.45, 7) is 6.11. The molecule has 82 valence electrons. The van der Waals surface area contributed by atoms with E-state index in [9.17, 15) is 9.90 Å². The van der Waals surface area contributed by atoms with Crippen molar-refractivity contribution in [1.82, 2.24) is 5.32 Å². The van der Waals surface area contributed by atoms with Gasteiger partial charge < -0.3 is 10.4 Å². The van der Waals surface area contributed by atoms with Crippen LogP contribution in [0, 0.1) is 11.8 Å². The SMILES string of the molecule is CCC(CC)(CO)NC(=O)C1CC1C. The highest BCUT2D eigenvalue weighted by Gasteiger charge is 2.41. The van der Waals surface area contributed by atoms with Crippen LogP contribution >= 0.6 is 0 Å². The first kappa shape index (κ1) is 11.5. The zero-order chi connectivity index (χ0) is 10.8. The number of carbonyl (C=O) groups excluding carboxylic acids is 1. The van der Waals surface area contributed by atoms with Crippen molar-refractivity contribution in [2.24, 2.45) is 11.8 Å². The number of rotatable bonds is 5. The number of amides is 1. The van der Waals surface area contributed by atoms with E-state index < -0.39 is 0 Å². The van der Waals surface area contributed by atoms with Crippen LogP contribution in [0.2, 0.25) is 0 Å². The Morgan fingerprint density at radius 1 is 1.50 bits per heavy atom. The molecule has 0 aromatic heterocycles. The first-order valence-corrected chi connectivity index (χ1v) is 5.51. The van der Waals surface area contributed by atoms with Crippen LogP contribution in [0.4, 0.5) is 0 Å². The van der Waals surface area contributed by atoms with Gasteiger partial charge in [0.25, 0.3) is 0 Å². The molecule has 0 spiro atoms. The topological polar surface area (TPSA) is 49.3 Å². The third kappa shape index (κ3) is 2.27. The van der Waals surface area contributed by atoms with Crippen molar-refractivity contribution >= 4 is 5.91 Å². The van der Waals surface area contributed by atoms with Crippen molar-refractivity contribution in [3.05, 3.63) is 0 Å². The molecule has 2 unspecified atom stereocenters. The van der Waals surface area contributed by atoms with Gasteiger partial charge in [0, 0.05) is 5.92 Å². The Morgan fingerprint density at radius 2 is 2.00 bits per heavy atom. The fraction of sp³-hybridized carbons (Fsp3) is 0.909. The maximum absolute atomic E-state index is 11.7. The molecule has 2 N–H and O–H groups in total. The Balaban J connectivity index is 2.50. The van der Waals surface area contributed by atoms with Crippen LogP contribution in [0.1, 0.15) is 40.0 Å². The van der Waals surface area contributed by atoms with Crippen LogP contribution < -0.4 is 5.32 Å². The van der Waals surface area contributed by atoms with Crippen LogP contribution in [-0.2, 0) is 4.79 Å². The molecule has 2 atom stereocenters. The highest BCUT2D eigenvalue weighted by Crippen LogP contribution is 2.38. The lowest BCUT2D eigenvalue weighted by molar-refractivity contribution is -0.125. The average Bonchev–Trinajstić information content (AvgIpc) is 2.92. The van der Waals surface area contributed by atoms with Gasteiger partial charge >= 0.3 is 0 Å². The Morgan fingerprint density at radius 3 is 2.29 bits per heavy atom. The predicted octanol–water partition coefficient (Wildman–Crippen LogP) is 1.31. The summed E-state index contributed by atoms with van der Waals surface area (Å²) in [7, 11) is 0. The maximum Gasteiger partial charge on any atom is 0.223 e. The predicted molar refractivity (Wildman–Crippen MR) is 55.8 cm³/mol. The molecule has 1 fully saturated rings. The molecule has 0 aromatic rings. The van der Waals surface area contributed by atoms with Gasteiger partial charge in [-0.3, -0.25) is 4.79 Å². The van der Waals surface area contributed by atoms with E-state index in [1.54, 1.807) is 0 Å². The fourth-order valence-electron chi connectivity index (χ4n) is 1.73. The fourth-order valence-corrected chi connectivity index (χ4v) is 1.73. The lowest BCUT2D eigenvalue weighted by atomic mass is 9.93. The van der Waals surface area contributed by atoms with Crippen LogP contribution in [0.15, 0.2) is 0 Å². The minimum absolute atomic E-state index is 0.0346. The number of nitrogens with one attached hydrogen (secondary N) is 1. The van der Waals surface area contributed by atoms with E-state index in [4.69, 9.17) is 0 Å². The molecule has 3 nitrogen and oxygen atoms in total. The summed E-state index contributed by atoms with van der Waals surface area (Å²) in [5.41, 5.74) is -0.389. The van der Waals surface area contributed by atoms with Gasteiger partial charge in [-0.05, 0) is 25.2 Å². The highest BCUT2D eigenvalue weighted by molar-refractivity contribution is 5.82. The summed E-state index contributed by atoms with van der Waals surface area (Å²) in [5, 5.41) is 12.3. The Labute approximate surface area is 85.9 Å². The molecule has 0 heterocycles. The number of carbonyl (C=O) groups is 1. The highest BCUT2D eigenvalue weighted by atomic mass is 16.3. The van der Waals surface area contributed by atoms with Crippen molar-refractivity contribution in [2.75, 3.05) is 6.61 Å². The van der Waals surface area contributed by atoms with Crippen molar-refractivity contribution in [2.45, 2.75) is 45.6 Å². The second kappa shape index (κ2) is 4.30. The van der Waals surface area contributed by atoms with E-state index >= 15 is 0 Å². The Kier molecular flexibility index (Phi) is 3.53. The lowest BCUT2D eigenvalue weighted by Crippen LogP contribution is -2.51.